The fraction of sp³-hybridized carbons (Fsp3) is 0.500. The molecule has 2 heteroatoms. The first-order chi connectivity index (χ1) is 5.84. The molecule has 66 valence electrons. The molecule has 0 saturated carbocycles. The number of pyridine rings is 1. The number of thiol groups is 1. The van der Waals surface area contributed by atoms with Crippen LogP contribution in [0.25, 0.3) is 0 Å². The van der Waals surface area contributed by atoms with E-state index >= 15 is 0 Å². The van der Waals surface area contributed by atoms with Crippen LogP contribution in [0, 0.1) is 0 Å². The predicted octanol–water partition coefficient (Wildman–Crippen LogP) is 3.24. The van der Waals surface area contributed by atoms with Crippen LogP contribution < -0.4 is 0 Å². The lowest BCUT2D eigenvalue weighted by Gasteiger charge is -2.07. The molecule has 1 aromatic rings. The van der Waals surface area contributed by atoms with E-state index in [1.165, 1.54) is 12.8 Å². The molecule has 1 rings (SSSR count). The smallest absolute Gasteiger partial charge is 0.0530 e. The average molecular weight is 181 g/mol. The molecule has 12 heavy (non-hydrogen) atoms. The predicted molar refractivity (Wildman–Crippen MR) is 55.5 cm³/mol. The Balaban J connectivity index is 2.48. The highest BCUT2D eigenvalue weighted by Gasteiger charge is 2.05. The Morgan fingerprint density at radius 2 is 2.33 bits per heavy atom. The van der Waals surface area contributed by atoms with Gasteiger partial charge in [-0.2, -0.15) is 12.6 Å². The SMILES string of the molecule is CCCCC(S)c1ccccn1. The third-order valence-electron chi connectivity index (χ3n) is 1.86. The number of hydrogen-bond acceptors (Lipinski definition) is 2. The second kappa shape index (κ2) is 5.20. The van der Waals surface area contributed by atoms with Gasteiger partial charge in [0.15, 0.2) is 0 Å². The third kappa shape index (κ3) is 2.86. The maximum absolute atomic E-state index is 4.49. The van der Waals surface area contributed by atoms with E-state index < -0.39 is 0 Å². The van der Waals surface area contributed by atoms with Gasteiger partial charge in [-0.25, -0.2) is 0 Å². The van der Waals surface area contributed by atoms with Gasteiger partial charge in [-0.15, -0.1) is 0 Å². The lowest BCUT2D eigenvalue weighted by atomic mass is 10.1. The Bertz CT molecular complexity index is 210. The number of nitrogens with zero attached hydrogens (tertiary/aromatic N) is 1. The standard InChI is InChI=1S/C10H15NS/c1-2-3-7-10(12)9-6-4-5-8-11-9/h4-6,8,10,12H,2-3,7H2,1H3. The molecule has 1 unspecified atom stereocenters. The van der Waals surface area contributed by atoms with Crippen molar-refractivity contribution >= 4 is 12.6 Å². The maximum Gasteiger partial charge on any atom is 0.0530 e. The van der Waals surface area contributed by atoms with Crippen LogP contribution in [0.4, 0.5) is 0 Å². The monoisotopic (exact) mass is 181 g/mol. The molecule has 0 saturated heterocycles. The number of unbranched alkanes of at least 4 members (excludes halogenated alkanes) is 1. The lowest BCUT2D eigenvalue weighted by Crippen LogP contribution is -1.93. The van der Waals surface area contributed by atoms with E-state index in [1.807, 2.05) is 24.4 Å². The van der Waals surface area contributed by atoms with Crippen molar-refractivity contribution in [2.24, 2.45) is 0 Å². The van der Waals surface area contributed by atoms with Crippen LogP contribution in [0.5, 0.6) is 0 Å². The van der Waals surface area contributed by atoms with Crippen molar-refractivity contribution < 1.29 is 0 Å². The molecular formula is C10H15NS. The zero-order valence-electron chi connectivity index (χ0n) is 7.40. The third-order valence-corrected chi connectivity index (χ3v) is 2.38. The Hall–Kier alpha value is -0.500. The maximum atomic E-state index is 4.49. The molecule has 0 aliphatic heterocycles. The fourth-order valence-electron chi connectivity index (χ4n) is 1.12. The summed E-state index contributed by atoms with van der Waals surface area (Å²) in [5.41, 5.74) is 1.09. The summed E-state index contributed by atoms with van der Waals surface area (Å²) in [6, 6.07) is 5.98. The van der Waals surface area contributed by atoms with Crippen molar-refractivity contribution in [1.82, 2.24) is 4.98 Å². The second-order valence-corrected chi connectivity index (χ2v) is 3.54. The van der Waals surface area contributed by atoms with Gasteiger partial charge in [-0.05, 0) is 18.6 Å². The van der Waals surface area contributed by atoms with Crippen molar-refractivity contribution in [3.8, 4) is 0 Å². The van der Waals surface area contributed by atoms with E-state index in [4.69, 9.17) is 0 Å². The van der Waals surface area contributed by atoms with Crippen LogP contribution in [0.1, 0.15) is 37.1 Å². The van der Waals surface area contributed by atoms with Gasteiger partial charge in [0.1, 0.15) is 0 Å². The van der Waals surface area contributed by atoms with Gasteiger partial charge < -0.3 is 0 Å². The largest absolute Gasteiger partial charge is 0.260 e. The molecule has 0 N–H and O–H groups in total. The number of rotatable bonds is 4. The van der Waals surface area contributed by atoms with Gasteiger partial charge in [0.05, 0.1) is 5.69 Å². The molecular weight excluding hydrogens is 166 g/mol. The zero-order valence-corrected chi connectivity index (χ0v) is 8.30. The Kier molecular flexibility index (Phi) is 4.15. The van der Waals surface area contributed by atoms with Crippen LogP contribution in [0.2, 0.25) is 0 Å². The van der Waals surface area contributed by atoms with E-state index in [1.54, 1.807) is 0 Å². The van der Waals surface area contributed by atoms with Crippen LogP contribution in [-0.2, 0) is 0 Å². The molecule has 1 aromatic heterocycles. The van der Waals surface area contributed by atoms with E-state index in [0.717, 1.165) is 12.1 Å². The first-order valence-corrected chi connectivity index (χ1v) is 4.95. The summed E-state index contributed by atoms with van der Waals surface area (Å²) in [4.78, 5) is 4.26. The fourth-order valence-corrected chi connectivity index (χ4v) is 1.45. The minimum absolute atomic E-state index is 0.311. The molecule has 0 aliphatic carbocycles. The van der Waals surface area contributed by atoms with Crippen LogP contribution >= 0.6 is 12.6 Å². The van der Waals surface area contributed by atoms with E-state index in [9.17, 15) is 0 Å². The normalized spacial score (nSPS) is 12.8. The van der Waals surface area contributed by atoms with Crippen LogP contribution in [-0.4, -0.2) is 4.98 Å². The quantitative estimate of drug-likeness (QED) is 0.704. The van der Waals surface area contributed by atoms with E-state index in [0.29, 0.717) is 5.25 Å². The van der Waals surface area contributed by atoms with E-state index in [2.05, 4.69) is 24.5 Å². The highest BCUT2D eigenvalue weighted by molar-refractivity contribution is 7.80. The molecule has 1 atom stereocenters. The van der Waals surface area contributed by atoms with Crippen LogP contribution in [0.15, 0.2) is 24.4 Å². The Morgan fingerprint density at radius 3 is 2.92 bits per heavy atom. The highest BCUT2D eigenvalue weighted by atomic mass is 32.1. The van der Waals surface area contributed by atoms with Crippen molar-refractivity contribution in [1.29, 1.82) is 0 Å². The van der Waals surface area contributed by atoms with Gasteiger partial charge in [-0.3, -0.25) is 4.98 Å². The Labute approximate surface area is 79.6 Å². The minimum atomic E-state index is 0.311. The molecule has 0 fully saturated rings. The summed E-state index contributed by atoms with van der Waals surface area (Å²) in [7, 11) is 0. The summed E-state index contributed by atoms with van der Waals surface area (Å²) in [6.07, 6.45) is 5.40. The number of aromatic nitrogens is 1. The minimum Gasteiger partial charge on any atom is -0.260 e. The Morgan fingerprint density at radius 1 is 1.50 bits per heavy atom. The summed E-state index contributed by atoms with van der Waals surface area (Å²) in [5.74, 6) is 0. The second-order valence-electron chi connectivity index (χ2n) is 2.91. The molecule has 1 heterocycles. The topological polar surface area (TPSA) is 12.9 Å². The van der Waals surface area contributed by atoms with Crippen molar-refractivity contribution in [2.75, 3.05) is 0 Å². The molecule has 0 spiro atoms. The zero-order chi connectivity index (χ0) is 8.81. The van der Waals surface area contributed by atoms with Crippen molar-refractivity contribution in [3.05, 3.63) is 30.1 Å². The average Bonchev–Trinajstić information content (AvgIpc) is 2.15. The van der Waals surface area contributed by atoms with Gasteiger partial charge >= 0.3 is 0 Å². The molecule has 0 bridgehead atoms. The summed E-state index contributed by atoms with van der Waals surface area (Å²) >= 11 is 4.49. The molecule has 0 amide bonds. The molecule has 0 radical (unpaired) electrons. The summed E-state index contributed by atoms with van der Waals surface area (Å²) in [5, 5.41) is 0.311. The highest BCUT2D eigenvalue weighted by Crippen LogP contribution is 2.23. The van der Waals surface area contributed by atoms with Gasteiger partial charge in [0.2, 0.25) is 0 Å². The van der Waals surface area contributed by atoms with E-state index in [-0.39, 0.29) is 0 Å². The van der Waals surface area contributed by atoms with Gasteiger partial charge in [-0.1, -0.05) is 25.8 Å². The van der Waals surface area contributed by atoms with Crippen LogP contribution in [0.3, 0.4) is 0 Å². The lowest BCUT2D eigenvalue weighted by molar-refractivity contribution is 0.699. The summed E-state index contributed by atoms with van der Waals surface area (Å²) < 4.78 is 0. The van der Waals surface area contributed by atoms with Gasteiger partial charge in [0, 0.05) is 11.4 Å². The molecule has 0 aliphatic rings. The first-order valence-electron chi connectivity index (χ1n) is 4.43. The van der Waals surface area contributed by atoms with Gasteiger partial charge in [0.25, 0.3) is 0 Å². The number of hydrogen-bond donors (Lipinski definition) is 1. The first kappa shape index (κ1) is 9.59. The van der Waals surface area contributed by atoms with Crippen molar-refractivity contribution in [2.45, 2.75) is 31.4 Å². The molecule has 0 aromatic carbocycles. The van der Waals surface area contributed by atoms with Crippen molar-refractivity contribution in [3.63, 3.8) is 0 Å². The summed E-state index contributed by atoms with van der Waals surface area (Å²) in [6.45, 7) is 2.19. The molecule has 1 nitrogen and oxygen atoms in total.